The maximum Gasteiger partial charge on any atom is 0.339 e. The van der Waals surface area contributed by atoms with Crippen molar-refractivity contribution in [2.24, 2.45) is 4.40 Å². The van der Waals surface area contributed by atoms with E-state index in [1.54, 1.807) is 0 Å². The molecule has 1 aromatic rings. The van der Waals surface area contributed by atoms with Crippen molar-refractivity contribution in [1.82, 2.24) is 4.90 Å². The zero-order chi connectivity index (χ0) is 17.3. The second kappa shape index (κ2) is 6.16. The molecule has 0 N–H and O–H groups in total. The SMILES string of the molecule is O=C(OCc1cccc(F)c1F)C1=CN2CCS(=O)(=O)N=C2C=C1. The van der Waals surface area contributed by atoms with Crippen molar-refractivity contribution in [2.75, 3.05) is 12.3 Å². The van der Waals surface area contributed by atoms with E-state index in [1.807, 2.05) is 0 Å². The molecule has 6 nitrogen and oxygen atoms in total. The van der Waals surface area contributed by atoms with E-state index in [-0.39, 0.29) is 29.3 Å². The number of rotatable bonds is 3. The van der Waals surface area contributed by atoms with Crippen molar-refractivity contribution in [1.29, 1.82) is 0 Å². The summed E-state index contributed by atoms with van der Waals surface area (Å²) in [6.45, 7) is -0.246. The van der Waals surface area contributed by atoms with Crippen LogP contribution in [0.4, 0.5) is 8.78 Å². The van der Waals surface area contributed by atoms with Crippen LogP contribution in [0, 0.1) is 11.6 Å². The Morgan fingerprint density at radius 1 is 1.29 bits per heavy atom. The molecule has 0 unspecified atom stereocenters. The molecule has 2 aliphatic rings. The summed E-state index contributed by atoms with van der Waals surface area (Å²) >= 11 is 0. The van der Waals surface area contributed by atoms with E-state index in [4.69, 9.17) is 4.74 Å². The number of nitrogens with zero attached hydrogens (tertiary/aromatic N) is 2. The highest BCUT2D eigenvalue weighted by molar-refractivity contribution is 7.90. The van der Waals surface area contributed by atoms with Crippen molar-refractivity contribution in [3.05, 3.63) is 59.3 Å². The molecule has 1 aromatic carbocycles. The molecule has 2 heterocycles. The zero-order valence-electron chi connectivity index (χ0n) is 12.3. The summed E-state index contributed by atoms with van der Waals surface area (Å²) in [5.74, 6) is -2.75. The minimum Gasteiger partial charge on any atom is -0.457 e. The van der Waals surface area contributed by atoms with E-state index in [9.17, 15) is 22.0 Å². The molecular formula is C15H12F2N2O4S. The number of sulfonamides is 1. The molecule has 0 aliphatic carbocycles. The first-order valence-corrected chi connectivity index (χ1v) is 8.56. The maximum absolute atomic E-state index is 13.5. The molecule has 126 valence electrons. The molecule has 0 saturated carbocycles. The lowest BCUT2D eigenvalue weighted by Crippen LogP contribution is -2.37. The lowest BCUT2D eigenvalue weighted by atomic mass is 10.2. The molecular weight excluding hydrogens is 342 g/mol. The van der Waals surface area contributed by atoms with E-state index in [2.05, 4.69) is 4.40 Å². The molecule has 0 atom stereocenters. The van der Waals surface area contributed by atoms with Gasteiger partial charge >= 0.3 is 5.97 Å². The lowest BCUT2D eigenvalue weighted by molar-refractivity contribution is -0.140. The van der Waals surface area contributed by atoms with Gasteiger partial charge in [0, 0.05) is 18.3 Å². The summed E-state index contributed by atoms with van der Waals surface area (Å²) < 4.78 is 58.0. The zero-order valence-corrected chi connectivity index (χ0v) is 13.1. The lowest BCUT2D eigenvalue weighted by Gasteiger charge is -2.26. The van der Waals surface area contributed by atoms with E-state index in [0.29, 0.717) is 0 Å². The average molecular weight is 354 g/mol. The molecule has 0 fully saturated rings. The van der Waals surface area contributed by atoms with E-state index >= 15 is 0 Å². The number of carbonyl (C=O) groups excluding carboxylic acids is 1. The predicted octanol–water partition coefficient (Wildman–Crippen LogP) is 1.51. The van der Waals surface area contributed by atoms with Crippen LogP contribution in [0.5, 0.6) is 0 Å². The first-order chi connectivity index (χ1) is 11.4. The molecule has 9 heteroatoms. The predicted molar refractivity (Wildman–Crippen MR) is 81.3 cm³/mol. The van der Waals surface area contributed by atoms with Gasteiger partial charge in [-0.1, -0.05) is 12.1 Å². The standard InChI is InChI=1S/C15H12F2N2O4S/c16-12-3-1-2-11(14(12)17)9-23-15(20)10-4-5-13-18-24(21,22)7-6-19(13)8-10/h1-5,8H,6-7,9H2. The van der Waals surface area contributed by atoms with Gasteiger partial charge in [-0.2, -0.15) is 0 Å². The van der Waals surface area contributed by atoms with Gasteiger partial charge in [-0.3, -0.25) is 0 Å². The second-order valence-corrected chi connectivity index (χ2v) is 6.89. The van der Waals surface area contributed by atoms with E-state index < -0.39 is 34.2 Å². The highest BCUT2D eigenvalue weighted by atomic mass is 32.2. The van der Waals surface area contributed by atoms with Gasteiger partial charge in [0.1, 0.15) is 12.4 Å². The van der Waals surface area contributed by atoms with Gasteiger partial charge in [-0.05, 0) is 18.2 Å². The summed E-state index contributed by atoms with van der Waals surface area (Å²) in [6, 6.07) is 3.60. The third-order valence-corrected chi connectivity index (χ3v) is 4.61. The van der Waals surface area contributed by atoms with Crippen LogP contribution in [0.1, 0.15) is 5.56 Å². The number of amidine groups is 1. The van der Waals surface area contributed by atoms with Gasteiger partial charge in [0.2, 0.25) is 0 Å². The highest BCUT2D eigenvalue weighted by Gasteiger charge is 2.25. The third kappa shape index (κ3) is 3.35. The van der Waals surface area contributed by atoms with Crippen LogP contribution in [0.2, 0.25) is 0 Å². The number of hydrogen-bond donors (Lipinski definition) is 0. The Kier molecular flexibility index (Phi) is 4.18. The van der Waals surface area contributed by atoms with Crippen molar-refractivity contribution in [2.45, 2.75) is 6.61 Å². The summed E-state index contributed by atoms with van der Waals surface area (Å²) in [7, 11) is -3.47. The first-order valence-electron chi connectivity index (χ1n) is 6.95. The van der Waals surface area contributed by atoms with Crippen LogP contribution in [-0.2, 0) is 26.2 Å². The van der Waals surface area contributed by atoms with Gasteiger partial charge < -0.3 is 9.64 Å². The number of esters is 1. The van der Waals surface area contributed by atoms with Crippen LogP contribution in [-0.4, -0.2) is 37.4 Å². The fraction of sp³-hybridized carbons (Fsp3) is 0.200. The number of halogens is 2. The quantitative estimate of drug-likeness (QED) is 0.769. The normalized spacial score (nSPS) is 18.5. The molecule has 0 radical (unpaired) electrons. The monoisotopic (exact) mass is 354 g/mol. The molecule has 0 aromatic heterocycles. The highest BCUT2D eigenvalue weighted by Crippen LogP contribution is 2.18. The molecule has 0 bridgehead atoms. The van der Waals surface area contributed by atoms with Crippen molar-refractivity contribution in [3.63, 3.8) is 0 Å². The number of benzene rings is 1. The fourth-order valence-electron chi connectivity index (χ4n) is 2.21. The first kappa shape index (κ1) is 16.3. The van der Waals surface area contributed by atoms with Crippen LogP contribution >= 0.6 is 0 Å². The summed E-state index contributed by atoms with van der Waals surface area (Å²) in [4.78, 5) is 13.5. The van der Waals surface area contributed by atoms with Gasteiger partial charge in [-0.15, -0.1) is 4.40 Å². The van der Waals surface area contributed by atoms with Crippen molar-refractivity contribution >= 4 is 21.8 Å². The Morgan fingerprint density at radius 3 is 2.88 bits per heavy atom. The van der Waals surface area contributed by atoms with Gasteiger partial charge in [-0.25, -0.2) is 22.0 Å². The fourth-order valence-corrected chi connectivity index (χ4v) is 3.18. The van der Waals surface area contributed by atoms with Crippen molar-refractivity contribution < 1.29 is 26.7 Å². The van der Waals surface area contributed by atoms with E-state index in [0.717, 1.165) is 6.07 Å². The molecule has 24 heavy (non-hydrogen) atoms. The van der Waals surface area contributed by atoms with Gasteiger partial charge in [0.25, 0.3) is 10.0 Å². The van der Waals surface area contributed by atoms with Crippen molar-refractivity contribution in [3.8, 4) is 0 Å². The summed E-state index contributed by atoms with van der Waals surface area (Å²) in [6.07, 6.45) is 4.16. The van der Waals surface area contributed by atoms with Gasteiger partial charge in [0.15, 0.2) is 11.6 Å². The Morgan fingerprint density at radius 2 is 2.08 bits per heavy atom. The van der Waals surface area contributed by atoms with Crippen LogP contribution in [0.25, 0.3) is 0 Å². The average Bonchev–Trinajstić information content (AvgIpc) is 2.54. The molecule has 0 amide bonds. The number of hydrogen-bond acceptors (Lipinski definition) is 5. The molecule has 2 aliphatic heterocycles. The number of ether oxygens (including phenoxy) is 1. The molecule has 3 rings (SSSR count). The Labute approximate surface area is 136 Å². The second-order valence-electron chi connectivity index (χ2n) is 5.14. The number of carbonyl (C=O) groups is 1. The Bertz CT molecular complexity index is 891. The van der Waals surface area contributed by atoms with Crippen LogP contribution < -0.4 is 0 Å². The topological polar surface area (TPSA) is 76.0 Å². The molecule has 0 spiro atoms. The summed E-state index contributed by atoms with van der Waals surface area (Å²) in [5.41, 5.74) is 0.0834. The minimum absolute atomic E-state index is 0.0740. The Hall–Kier alpha value is -2.55. The van der Waals surface area contributed by atoms with E-state index in [1.165, 1.54) is 35.4 Å². The molecule has 0 saturated heterocycles. The smallest absolute Gasteiger partial charge is 0.339 e. The number of fused-ring (bicyclic) bond motifs is 1. The van der Waals surface area contributed by atoms with Crippen LogP contribution in [0.15, 0.2) is 46.5 Å². The minimum atomic E-state index is -3.47. The van der Waals surface area contributed by atoms with Gasteiger partial charge in [0.05, 0.1) is 11.3 Å². The summed E-state index contributed by atoms with van der Waals surface area (Å²) in [5, 5.41) is 0. The third-order valence-electron chi connectivity index (χ3n) is 3.45. The largest absolute Gasteiger partial charge is 0.457 e. The Balaban J connectivity index is 1.70. The van der Waals surface area contributed by atoms with Crippen LogP contribution in [0.3, 0.4) is 0 Å². The maximum atomic E-state index is 13.5.